The van der Waals surface area contributed by atoms with Gasteiger partial charge in [0.25, 0.3) is 0 Å². The Morgan fingerprint density at radius 1 is 1.29 bits per heavy atom. The summed E-state index contributed by atoms with van der Waals surface area (Å²) in [6.45, 7) is 13.4. The van der Waals surface area contributed by atoms with E-state index in [1.165, 1.54) is 19.3 Å². The lowest BCUT2D eigenvalue weighted by Crippen LogP contribution is -2.55. The molecule has 0 unspecified atom stereocenters. The Labute approximate surface area is 146 Å². The molecule has 134 valence electrons. The summed E-state index contributed by atoms with van der Waals surface area (Å²) in [7, 11) is 0. The summed E-state index contributed by atoms with van der Waals surface area (Å²) < 4.78 is 5.49. The summed E-state index contributed by atoms with van der Waals surface area (Å²) in [6, 6.07) is 0. The maximum absolute atomic E-state index is 11.3. The molecular weight excluding hydrogens is 298 g/mol. The second kappa shape index (κ2) is 5.64. The molecule has 1 amide bonds. The minimum Gasteiger partial charge on any atom is -0.446 e. The lowest BCUT2D eigenvalue weighted by Gasteiger charge is -2.60. The molecule has 2 saturated carbocycles. The molecule has 0 heterocycles. The number of fused-ring (bicyclic) bond motifs is 3. The first-order valence-corrected chi connectivity index (χ1v) is 9.42. The second-order valence-corrected chi connectivity index (χ2v) is 9.46. The molecule has 0 bridgehead atoms. The number of hydrogen-bond donors (Lipinski definition) is 1. The smallest absolute Gasteiger partial charge is 0.404 e. The Hall–Kier alpha value is -1.25. The van der Waals surface area contributed by atoms with Crippen molar-refractivity contribution in [1.29, 1.82) is 0 Å². The van der Waals surface area contributed by atoms with Gasteiger partial charge in [-0.15, -0.1) is 6.58 Å². The first-order chi connectivity index (χ1) is 11.1. The first kappa shape index (κ1) is 17.6. The van der Waals surface area contributed by atoms with Gasteiger partial charge < -0.3 is 10.5 Å². The highest BCUT2D eigenvalue weighted by Gasteiger charge is 2.57. The van der Waals surface area contributed by atoms with E-state index in [9.17, 15) is 4.79 Å². The molecule has 0 aliphatic heterocycles. The van der Waals surface area contributed by atoms with Gasteiger partial charge in [0.2, 0.25) is 0 Å². The Balaban J connectivity index is 1.92. The van der Waals surface area contributed by atoms with Crippen molar-refractivity contribution in [2.75, 3.05) is 0 Å². The van der Waals surface area contributed by atoms with E-state index in [1.54, 1.807) is 5.57 Å². The van der Waals surface area contributed by atoms with Crippen molar-refractivity contribution in [3.63, 3.8) is 0 Å². The minimum atomic E-state index is -0.635. The van der Waals surface area contributed by atoms with Gasteiger partial charge in [0.05, 0.1) is 0 Å². The van der Waals surface area contributed by atoms with Crippen LogP contribution in [0, 0.1) is 28.1 Å². The lowest BCUT2D eigenvalue weighted by molar-refractivity contribution is -0.102. The molecule has 2 N–H and O–H groups in total. The fraction of sp³-hybridized carbons (Fsp3) is 0.762. The van der Waals surface area contributed by atoms with Crippen molar-refractivity contribution in [3.8, 4) is 0 Å². The largest absolute Gasteiger partial charge is 0.446 e. The van der Waals surface area contributed by atoms with E-state index < -0.39 is 6.09 Å². The number of amides is 1. The molecule has 3 aliphatic carbocycles. The zero-order valence-electron chi connectivity index (χ0n) is 15.7. The van der Waals surface area contributed by atoms with E-state index in [1.807, 2.05) is 0 Å². The van der Waals surface area contributed by atoms with Gasteiger partial charge in [-0.3, -0.25) is 0 Å². The van der Waals surface area contributed by atoms with E-state index in [-0.39, 0.29) is 22.3 Å². The van der Waals surface area contributed by atoms with Gasteiger partial charge >= 0.3 is 6.09 Å². The number of carbonyl (C=O) groups excluding carboxylic acids is 1. The van der Waals surface area contributed by atoms with Crippen LogP contribution < -0.4 is 5.73 Å². The van der Waals surface area contributed by atoms with Crippen molar-refractivity contribution in [1.82, 2.24) is 0 Å². The highest BCUT2D eigenvalue weighted by Crippen LogP contribution is 2.64. The highest BCUT2D eigenvalue weighted by atomic mass is 16.6. The van der Waals surface area contributed by atoms with Gasteiger partial charge in [-0.25, -0.2) is 4.79 Å². The van der Waals surface area contributed by atoms with Gasteiger partial charge in [0.15, 0.2) is 0 Å². The van der Waals surface area contributed by atoms with Crippen LogP contribution in [0.5, 0.6) is 0 Å². The number of carbonyl (C=O) groups is 1. The molecule has 3 nitrogen and oxygen atoms in total. The molecule has 0 aromatic rings. The van der Waals surface area contributed by atoms with Gasteiger partial charge in [0.1, 0.15) is 6.10 Å². The normalized spacial score (nSPS) is 43.8. The fourth-order valence-corrected chi connectivity index (χ4v) is 6.17. The minimum absolute atomic E-state index is 0.0347. The molecule has 3 heteroatoms. The number of hydrogen-bond acceptors (Lipinski definition) is 2. The molecule has 0 aromatic carbocycles. The Morgan fingerprint density at radius 2 is 2.00 bits per heavy atom. The van der Waals surface area contributed by atoms with Crippen molar-refractivity contribution in [3.05, 3.63) is 24.3 Å². The SMILES string of the molecule is C=C[C@@]1(C)CC=C2[C@@H](CC[C@@H]3C(C)(C)[C@H](OC(N)=O)CC[C@@]23C)C1. The molecule has 0 radical (unpaired) electrons. The van der Waals surface area contributed by atoms with Crippen LogP contribution in [0.15, 0.2) is 24.3 Å². The van der Waals surface area contributed by atoms with Crippen LogP contribution in [-0.4, -0.2) is 12.2 Å². The van der Waals surface area contributed by atoms with Gasteiger partial charge in [0, 0.05) is 5.41 Å². The number of primary amides is 1. The summed E-state index contributed by atoms with van der Waals surface area (Å²) in [4.78, 5) is 11.3. The van der Waals surface area contributed by atoms with Crippen LogP contribution >= 0.6 is 0 Å². The summed E-state index contributed by atoms with van der Waals surface area (Å²) in [5, 5.41) is 0. The topological polar surface area (TPSA) is 52.3 Å². The Morgan fingerprint density at radius 3 is 2.62 bits per heavy atom. The van der Waals surface area contributed by atoms with Gasteiger partial charge in [-0.1, -0.05) is 45.4 Å². The van der Waals surface area contributed by atoms with Crippen molar-refractivity contribution in [2.24, 2.45) is 33.8 Å². The molecule has 0 aromatic heterocycles. The molecule has 3 rings (SSSR count). The second-order valence-electron chi connectivity index (χ2n) is 9.46. The third kappa shape index (κ3) is 2.60. The van der Waals surface area contributed by atoms with Crippen LogP contribution in [-0.2, 0) is 4.74 Å². The number of ether oxygens (including phenoxy) is 1. The van der Waals surface area contributed by atoms with Crippen LogP contribution in [0.3, 0.4) is 0 Å². The van der Waals surface area contributed by atoms with Crippen molar-refractivity contribution < 1.29 is 9.53 Å². The predicted octanol–water partition coefficient (Wildman–Crippen LogP) is 5.22. The predicted molar refractivity (Wildman–Crippen MR) is 97.4 cm³/mol. The van der Waals surface area contributed by atoms with Crippen molar-refractivity contribution >= 4 is 6.09 Å². The van der Waals surface area contributed by atoms with E-state index >= 15 is 0 Å². The van der Waals surface area contributed by atoms with Crippen LogP contribution in [0.25, 0.3) is 0 Å². The molecule has 0 spiro atoms. The van der Waals surface area contributed by atoms with E-state index in [4.69, 9.17) is 10.5 Å². The van der Waals surface area contributed by atoms with Crippen LogP contribution in [0.4, 0.5) is 4.79 Å². The van der Waals surface area contributed by atoms with Crippen molar-refractivity contribution in [2.45, 2.75) is 72.3 Å². The summed E-state index contributed by atoms with van der Waals surface area (Å²) >= 11 is 0. The highest BCUT2D eigenvalue weighted by molar-refractivity contribution is 5.65. The van der Waals surface area contributed by atoms with Gasteiger partial charge in [-0.2, -0.15) is 0 Å². The van der Waals surface area contributed by atoms with Gasteiger partial charge in [-0.05, 0) is 61.2 Å². The van der Waals surface area contributed by atoms with E-state index in [2.05, 4.69) is 46.4 Å². The molecule has 0 saturated heterocycles. The molecule has 3 aliphatic rings. The van der Waals surface area contributed by atoms with E-state index in [0.29, 0.717) is 11.8 Å². The third-order valence-electron chi connectivity index (χ3n) is 7.58. The molecular formula is C21H33NO2. The van der Waals surface area contributed by atoms with Crippen LogP contribution in [0.1, 0.15) is 66.2 Å². The third-order valence-corrected chi connectivity index (χ3v) is 7.58. The van der Waals surface area contributed by atoms with Crippen LogP contribution in [0.2, 0.25) is 0 Å². The maximum atomic E-state index is 11.3. The Bertz CT molecular complexity index is 578. The number of nitrogens with two attached hydrogens (primary N) is 1. The fourth-order valence-electron chi connectivity index (χ4n) is 6.17. The number of rotatable bonds is 2. The summed E-state index contributed by atoms with van der Waals surface area (Å²) in [5.74, 6) is 1.23. The lowest BCUT2D eigenvalue weighted by atomic mass is 9.46. The monoisotopic (exact) mass is 331 g/mol. The van der Waals surface area contributed by atoms with E-state index in [0.717, 1.165) is 19.3 Å². The standard InChI is InChI=1S/C21H33NO2/c1-6-20(4)11-9-15-14(13-20)7-8-16-19(2,3)17(24-18(22)23)10-12-21(15,16)5/h6,9,14,16-17H,1,7-8,10-13H2,2-5H3,(H2,22,23)/t14-,16+,17+,20-,21-/m0/s1. The molecule has 2 fully saturated rings. The summed E-state index contributed by atoms with van der Waals surface area (Å²) in [5.41, 5.74) is 7.43. The maximum Gasteiger partial charge on any atom is 0.404 e. The summed E-state index contributed by atoms with van der Waals surface area (Å²) in [6.07, 6.45) is 10.7. The average molecular weight is 332 g/mol. The average Bonchev–Trinajstić information content (AvgIpc) is 2.49. The quantitative estimate of drug-likeness (QED) is 0.706. The zero-order chi connectivity index (χ0) is 17.8. The Kier molecular flexibility index (Phi) is 4.13. The molecule has 5 atom stereocenters. The number of allylic oxidation sites excluding steroid dienone is 3. The zero-order valence-corrected chi connectivity index (χ0v) is 15.7. The molecule has 24 heavy (non-hydrogen) atoms. The first-order valence-electron chi connectivity index (χ1n) is 9.42.